The van der Waals surface area contributed by atoms with E-state index in [0.717, 1.165) is 29.0 Å². The topological polar surface area (TPSA) is 38.1 Å². The minimum atomic E-state index is 0.0566. The molecule has 0 spiro atoms. The number of carbonyl (C=O) groups is 1. The van der Waals surface area contributed by atoms with Gasteiger partial charge in [-0.1, -0.05) is 6.07 Å². The smallest absolute Gasteiger partial charge is 0.255 e. The molecule has 2 aromatic rings. The molecule has 0 N–H and O–H groups in total. The molecule has 0 unspecified atom stereocenters. The third kappa shape index (κ3) is 2.30. The maximum Gasteiger partial charge on any atom is 0.255 e. The van der Waals surface area contributed by atoms with Crippen LogP contribution in [0.3, 0.4) is 0 Å². The van der Waals surface area contributed by atoms with E-state index in [9.17, 15) is 4.79 Å². The number of benzene rings is 1. The van der Waals surface area contributed by atoms with Gasteiger partial charge in [-0.2, -0.15) is 0 Å². The van der Waals surface area contributed by atoms with Gasteiger partial charge in [0.05, 0.1) is 12.1 Å². The number of halogens is 1. The van der Waals surface area contributed by atoms with E-state index < -0.39 is 0 Å². The molecule has 2 heterocycles. The molecule has 1 aromatic carbocycles. The summed E-state index contributed by atoms with van der Waals surface area (Å²) in [5, 5.41) is 0. The molecule has 4 nitrogen and oxygen atoms in total. The molecular formula is C14H14BrN3O. The van der Waals surface area contributed by atoms with Crippen molar-refractivity contribution in [2.45, 2.75) is 20.0 Å². The van der Waals surface area contributed by atoms with Crippen molar-refractivity contribution in [2.24, 2.45) is 0 Å². The highest BCUT2D eigenvalue weighted by molar-refractivity contribution is 9.10. The molecule has 3 rings (SSSR count). The van der Waals surface area contributed by atoms with Crippen molar-refractivity contribution in [3.8, 4) is 0 Å². The predicted octanol–water partition coefficient (Wildman–Crippen LogP) is 2.61. The van der Waals surface area contributed by atoms with Gasteiger partial charge in [0.25, 0.3) is 5.91 Å². The number of aryl methyl sites for hydroxylation is 1. The normalized spacial score (nSPS) is 14.3. The Morgan fingerprint density at radius 2 is 2.21 bits per heavy atom. The Balaban J connectivity index is 1.85. The summed E-state index contributed by atoms with van der Waals surface area (Å²) < 4.78 is 2.94. The minimum absolute atomic E-state index is 0.0566. The van der Waals surface area contributed by atoms with Crippen LogP contribution in [-0.2, 0) is 13.1 Å². The van der Waals surface area contributed by atoms with Gasteiger partial charge in [0.15, 0.2) is 0 Å². The summed E-state index contributed by atoms with van der Waals surface area (Å²) in [6, 6.07) is 5.81. The molecule has 5 heteroatoms. The summed E-state index contributed by atoms with van der Waals surface area (Å²) in [5.74, 6) is 1.00. The van der Waals surface area contributed by atoms with Crippen LogP contribution in [0.1, 0.15) is 21.7 Å². The van der Waals surface area contributed by atoms with Gasteiger partial charge in [-0.05, 0) is 40.5 Å². The highest BCUT2D eigenvalue weighted by Gasteiger charge is 2.23. The molecule has 0 saturated heterocycles. The quantitative estimate of drug-likeness (QED) is 0.810. The lowest BCUT2D eigenvalue weighted by Crippen LogP contribution is -2.38. The van der Waals surface area contributed by atoms with Crippen LogP contribution in [0.4, 0.5) is 0 Å². The third-order valence-corrected chi connectivity index (χ3v) is 4.04. The zero-order valence-electron chi connectivity index (χ0n) is 10.6. The van der Waals surface area contributed by atoms with Gasteiger partial charge in [0, 0.05) is 30.0 Å². The minimum Gasteiger partial charge on any atom is -0.332 e. The van der Waals surface area contributed by atoms with Gasteiger partial charge in [-0.15, -0.1) is 0 Å². The van der Waals surface area contributed by atoms with Crippen LogP contribution in [0.15, 0.2) is 35.1 Å². The van der Waals surface area contributed by atoms with Gasteiger partial charge < -0.3 is 9.47 Å². The molecule has 98 valence electrons. The Kier molecular flexibility index (Phi) is 3.14. The fraction of sp³-hybridized carbons (Fsp3) is 0.286. The summed E-state index contributed by atoms with van der Waals surface area (Å²) >= 11 is 3.47. The number of hydrogen-bond donors (Lipinski definition) is 0. The molecule has 0 fully saturated rings. The molecule has 0 aliphatic carbocycles. The Labute approximate surface area is 120 Å². The number of hydrogen-bond acceptors (Lipinski definition) is 2. The number of imidazole rings is 1. The van der Waals surface area contributed by atoms with Crippen molar-refractivity contribution < 1.29 is 4.79 Å². The monoisotopic (exact) mass is 319 g/mol. The van der Waals surface area contributed by atoms with Crippen LogP contribution in [0.2, 0.25) is 0 Å². The molecule has 1 aliphatic rings. The lowest BCUT2D eigenvalue weighted by atomic mass is 10.1. The number of fused-ring (bicyclic) bond motifs is 1. The molecule has 0 bridgehead atoms. The standard InChI is InChI=1S/C14H14BrN3O/c1-10-2-3-11(12(15)8-10)14(19)18-7-6-17-5-4-16-13(17)9-18/h2-5,8H,6-7,9H2,1H3. The summed E-state index contributed by atoms with van der Waals surface area (Å²) in [6.45, 7) is 4.12. The largest absolute Gasteiger partial charge is 0.332 e. The second-order valence-corrected chi connectivity index (χ2v) is 5.60. The first-order valence-electron chi connectivity index (χ1n) is 6.20. The highest BCUT2D eigenvalue weighted by atomic mass is 79.9. The van der Waals surface area contributed by atoms with E-state index in [1.54, 1.807) is 6.20 Å². The fourth-order valence-corrected chi connectivity index (χ4v) is 2.97. The average molecular weight is 320 g/mol. The van der Waals surface area contributed by atoms with E-state index in [4.69, 9.17) is 0 Å². The second-order valence-electron chi connectivity index (χ2n) is 4.75. The first kappa shape index (κ1) is 12.4. The van der Waals surface area contributed by atoms with Crippen molar-refractivity contribution >= 4 is 21.8 Å². The Bertz CT molecular complexity index is 635. The zero-order valence-corrected chi connectivity index (χ0v) is 12.2. The Morgan fingerprint density at radius 3 is 3.00 bits per heavy atom. The second kappa shape index (κ2) is 4.81. The lowest BCUT2D eigenvalue weighted by molar-refractivity contribution is 0.0706. The molecule has 0 atom stereocenters. The van der Waals surface area contributed by atoms with Crippen LogP contribution in [0.5, 0.6) is 0 Å². The van der Waals surface area contributed by atoms with Gasteiger partial charge in [0.1, 0.15) is 5.82 Å². The van der Waals surface area contributed by atoms with Crippen LogP contribution < -0.4 is 0 Å². The summed E-state index contributed by atoms with van der Waals surface area (Å²) in [6.07, 6.45) is 3.74. The highest BCUT2D eigenvalue weighted by Crippen LogP contribution is 2.22. The van der Waals surface area contributed by atoms with Gasteiger partial charge in [-0.3, -0.25) is 4.79 Å². The molecule has 1 amide bonds. The maximum atomic E-state index is 12.5. The van der Waals surface area contributed by atoms with Crippen LogP contribution >= 0.6 is 15.9 Å². The predicted molar refractivity (Wildman–Crippen MR) is 75.8 cm³/mol. The molecule has 0 radical (unpaired) electrons. The summed E-state index contributed by atoms with van der Waals surface area (Å²) in [5.41, 5.74) is 1.85. The van der Waals surface area contributed by atoms with Crippen molar-refractivity contribution in [3.05, 3.63) is 52.0 Å². The van der Waals surface area contributed by atoms with Crippen LogP contribution in [0.25, 0.3) is 0 Å². The van der Waals surface area contributed by atoms with E-state index in [-0.39, 0.29) is 5.91 Å². The summed E-state index contributed by atoms with van der Waals surface area (Å²) in [7, 11) is 0. The number of nitrogens with zero attached hydrogens (tertiary/aromatic N) is 3. The SMILES string of the molecule is Cc1ccc(C(=O)N2CCn3ccnc3C2)c(Br)c1. The maximum absolute atomic E-state index is 12.5. The van der Waals surface area contributed by atoms with E-state index in [1.165, 1.54) is 0 Å². The Morgan fingerprint density at radius 1 is 1.37 bits per heavy atom. The molecule has 0 saturated carbocycles. The van der Waals surface area contributed by atoms with E-state index in [0.29, 0.717) is 12.1 Å². The van der Waals surface area contributed by atoms with Gasteiger partial charge in [-0.25, -0.2) is 4.98 Å². The van der Waals surface area contributed by atoms with Crippen molar-refractivity contribution in [2.75, 3.05) is 6.54 Å². The van der Waals surface area contributed by atoms with Gasteiger partial charge in [0.2, 0.25) is 0 Å². The van der Waals surface area contributed by atoms with Crippen LogP contribution in [0, 0.1) is 6.92 Å². The molecule has 19 heavy (non-hydrogen) atoms. The van der Waals surface area contributed by atoms with E-state index >= 15 is 0 Å². The zero-order chi connectivity index (χ0) is 13.4. The van der Waals surface area contributed by atoms with E-state index in [1.807, 2.05) is 36.2 Å². The molecular weight excluding hydrogens is 306 g/mol. The number of aromatic nitrogens is 2. The fourth-order valence-electron chi connectivity index (χ4n) is 2.31. The summed E-state index contributed by atoms with van der Waals surface area (Å²) in [4.78, 5) is 18.6. The van der Waals surface area contributed by atoms with Crippen LogP contribution in [-0.4, -0.2) is 26.9 Å². The van der Waals surface area contributed by atoms with Crippen molar-refractivity contribution in [1.82, 2.24) is 14.5 Å². The number of carbonyl (C=O) groups excluding carboxylic acids is 1. The van der Waals surface area contributed by atoms with E-state index in [2.05, 4.69) is 25.5 Å². The number of amides is 1. The molecule has 1 aliphatic heterocycles. The first-order chi connectivity index (χ1) is 9.15. The Hall–Kier alpha value is -1.62. The average Bonchev–Trinajstić information content (AvgIpc) is 2.85. The molecule has 1 aromatic heterocycles. The van der Waals surface area contributed by atoms with Crippen molar-refractivity contribution in [3.63, 3.8) is 0 Å². The number of rotatable bonds is 1. The third-order valence-electron chi connectivity index (χ3n) is 3.39. The first-order valence-corrected chi connectivity index (χ1v) is 7.00. The van der Waals surface area contributed by atoms with Gasteiger partial charge >= 0.3 is 0 Å². The van der Waals surface area contributed by atoms with Crippen molar-refractivity contribution in [1.29, 1.82) is 0 Å². The lowest BCUT2D eigenvalue weighted by Gasteiger charge is -2.28.